The smallest absolute Gasteiger partial charge is 0.129 e. The average Bonchev–Trinajstić information content (AvgIpc) is 2.33. The van der Waals surface area contributed by atoms with Crippen molar-refractivity contribution in [2.24, 2.45) is 5.73 Å². The lowest BCUT2D eigenvalue weighted by molar-refractivity contribution is 0.472. The predicted octanol–water partition coefficient (Wildman–Crippen LogP) is 4.03. The van der Waals surface area contributed by atoms with E-state index in [1.807, 2.05) is 12.1 Å². The molecule has 2 aromatic rings. The summed E-state index contributed by atoms with van der Waals surface area (Å²) >= 11 is 6.11. The Morgan fingerprint density at radius 3 is 2.47 bits per heavy atom. The van der Waals surface area contributed by atoms with Gasteiger partial charge in [-0.15, -0.1) is 0 Å². The van der Waals surface area contributed by atoms with Crippen molar-refractivity contribution < 1.29 is 8.78 Å². The Hall–Kier alpha value is -1.45. The minimum Gasteiger partial charge on any atom is -0.321 e. The molecule has 19 heavy (non-hydrogen) atoms. The highest BCUT2D eigenvalue weighted by atomic mass is 35.5. The van der Waals surface area contributed by atoms with E-state index in [-0.39, 0.29) is 6.42 Å². The molecule has 100 valence electrons. The highest BCUT2D eigenvalue weighted by molar-refractivity contribution is 6.31. The summed E-state index contributed by atoms with van der Waals surface area (Å²) in [6.45, 7) is 1.77. The lowest BCUT2D eigenvalue weighted by Crippen LogP contribution is -2.36. The third-order valence-corrected chi connectivity index (χ3v) is 3.39. The molecule has 0 heterocycles. The quantitative estimate of drug-likeness (QED) is 0.903. The van der Waals surface area contributed by atoms with Gasteiger partial charge in [-0.3, -0.25) is 0 Å². The molecular weight excluding hydrogens is 268 g/mol. The second-order valence-electron chi connectivity index (χ2n) is 4.81. The van der Waals surface area contributed by atoms with Gasteiger partial charge in [0.25, 0.3) is 0 Å². The number of rotatable bonds is 3. The molecule has 1 unspecified atom stereocenters. The normalized spacial score (nSPS) is 14.2. The van der Waals surface area contributed by atoms with Crippen LogP contribution in [0.1, 0.15) is 18.1 Å². The minimum atomic E-state index is -0.822. The van der Waals surface area contributed by atoms with Gasteiger partial charge in [0.2, 0.25) is 0 Å². The Balaban J connectivity index is 2.33. The molecule has 0 radical (unpaired) electrons. The van der Waals surface area contributed by atoms with Crippen molar-refractivity contribution in [3.63, 3.8) is 0 Å². The molecule has 0 aliphatic carbocycles. The highest BCUT2D eigenvalue weighted by Crippen LogP contribution is 2.29. The SMILES string of the molecule is CC(N)(Cc1ccc(F)cc1F)c1ccccc1Cl. The van der Waals surface area contributed by atoms with Gasteiger partial charge in [0.05, 0.1) is 0 Å². The van der Waals surface area contributed by atoms with Gasteiger partial charge in [-0.1, -0.05) is 35.9 Å². The number of hydrogen-bond donors (Lipinski definition) is 1. The summed E-state index contributed by atoms with van der Waals surface area (Å²) < 4.78 is 26.5. The van der Waals surface area contributed by atoms with Gasteiger partial charge in [0, 0.05) is 16.6 Å². The molecule has 4 heteroatoms. The summed E-state index contributed by atoms with van der Waals surface area (Å²) in [5, 5.41) is 0.537. The zero-order valence-electron chi connectivity index (χ0n) is 10.5. The minimum absolute atomic E-state index is 0.239. The van der Waals surface area contributed by atoms with Crippen LogP contribution in [0.5, 0.6) is 0 Å². The van der Waals surface area contributed by atoms with E-state index in [9.17, 15) is 8.78 Å². The fourth-order valence-corrected chi connectivity index (χ4v) is 2.43. The van der Waals surface area contributed by atoms with Crippen molar-refractivity contribution in [2.75, 3.05) is 0 Å². The molecule has 2 N–H and O–H groups in total. The maximum Gasteiger partial charge on any atom is 0.129 e. The monoisotopic (exact) mass is 281 g/mol. The number of nitrogens with two attached hydrogens (primary N) is 1. The van der Waals surface area contributed by atoms with Crippen molar-refractivity contribution in [3.05, 3.63) is 70.2 Å². The topological polar surface area (TPSA) is 26.0 Å². The molecule has 2 rings (SSSR count). The fourth-order valence-electron chi connectivity index (χ4n) is 2.08. The summed E-state index contributed by atoms with van der Waals surface area (Å²) in [6.07, 6.45) is 0.239. The Morgan fingerprint density at radius 1 is 1.16 bits per heavy atom. The van der Waals surface area contributed by atoms with Crippen molar-refractivity contribution in [2.45, 2.75) is 18.9 Å². The molecule has 0 fully saturated rings. The van der Waals surface area contributed by atoms with Crippen LogP contribution in [-0.4, -0.2) is 0 Å². The molecule has 0 saturated carbocycles. The number of benzene rings is 2. The lowest BCUT2D eigenvalue weighted by atomic mass is 9.86. The van der Waals surface area contributed by atoms with E-state index in [0.29, 0.717) is 10.6 Å². The first-order chi connectivity index (χ1) is 8.90. The van der Waals surface area contributed by atoms with Gasteiger partial charge in [-0.25, -0.2) is 8.78 Å². The average molecular weight is 282 g/mol. The van der Waals surface area contributed by atoms with Crippen molar-refractivity contribution in [1.82, 2.24) is 0 Å². The van der Waals surface area contributed by atoms with E-state index in [0.717, 1.165) is 11.6 Å². The van der Waals surface area contributed by atoms with E-state index < -0.39 is 17.2 Å². The number of hydrogen-bond acceptors (Lipinski definition) is 1. The highest BCUT2D eigenvalue weighted by Gasteiger charge is 2.25. The molecule has 2 aromatic carbocycles. The summed E-state index contributed by atoms with van der Waals surface area (Å²) in [4.78, 5) is 0. The number of halogens is 3. The Kier molecular flexibility index (Phi) is 3.88. The summed E-state index contributed by atoms with van der Waals surface area (Å²) in [7, 11) is 0. The third-order valence-electron chi connectivity index (χ3n) is 3.06. The second kappa shape index (κ2) is 5.27. The molecule has 0 amide bonds. The standard InChI is InChI=1S/C15H14ClF2N/c1-15(19,12-4-2-3-5-13(12)16)9-10-6-7-11(17)8-14(10)18/h2-8H,9,19H2,1H3. The van der Waals surface area contributed by atoms with Crippen LogP contribution in [0.3, 0.4) is 0 Å². The van der Waals surface area contributed by atoms with E-state index in [2.05, 4.69) is 0 Å². The van der Waals surface area contributed by atoms with E-state index in [4.69, 9.17) is 17.3 Å². The zero-order valence-corrected chi connectivity index (χ0v) is 11.2. The molecule has 1 atom stereocenters. The molecule has 0 aromatic heterocycles. The van der Waals surface area contributed by atoms with Crippen LogP contribution in [0, 0.1) is 11.6 Å². The molecule has 0 bridgehead atoms. The van der Waals surface area contributed by atoms with Crippen molar-refractivity contribution in [1.29, 1.82) is 0 Å². The lowest BCUT2D eigenvalue weighted by Gasteiger charge is -2.26. The van der Waals surface area contributed by atoms with E-state index in [1.54, 1.807) is 19.1 Å². The molecule has 0 saturated heterocycles. The van der Waals surface area contributed by atoms with Crippen molar-refractivity contribution in [3.8, 4) is 0 Å². The van der Waals surface area contributed by atoms with Gasteiger partial charge in [0.15, 0.2) is 0 Å². The zero-order chi connectivity index (χ0) is 14.0. The maximum atomic E-state index is 13.7. The largest absolute Gasteiger partial charge is 0.321 e. The van der Waals surface area contributed by atoms with Crippen molar-refractivity contribution >= 4 is 11.6 Å². The van der Waals surface area contributed by atoms with Gasteiger partial charge in [-0.05, 0) is 36.6 Å². The van der Waals surface area contributed by atoms with Crippen LogP contribution in [-0.2, 0) is 12.0 Å². The predicted molar refractivity (Wildman–Crippen MR) is 73.1 cm³/mol. The van der Waals surface area contributed by atoms with Crippen LogP contribution < -0.4 is 5.73 Å². The molecular formula is C15H14ClF2N. The van der Waals surface area contributed by atoms with Gasteiger partial charge >= 0.3 is 0 Å². The Morgan fingerprint density at radius 2 is 1.84 bits per heavy atom. The van der Waals surface area contributed by atoms with E-state index >= 15 is 0 Å². The molecule has 1 nitrogen and oxygen atoms in total. The summed E-state index contributed by atoms with van der Waals surface area (Å²) in [5.41, 5.74) is 6.51. The van der Waals surface area contributed by atoms with E-state index in [1.165, 1.54) is 12.1 Å². The second-order valence-corrected chi connectivity index (χ2v) is 5.22. The first-order valence-corrected chi connectivity index (χ1v) is 6.26. The van der Waals surface area contributed by atoms with Crippen LogP contribution in [0.4, 0.5) is 8.78 Å². The molecule has 0 aliphatic rings. The Labute approximate surface area is 116 Å². The van der Waals surface area contributed by atoms with Gasteiger partial charge < -0.3 is 5.73 Å². The maximum absolute atomic E-state index is 13.7. The van der Waals surface area contributed by atoms with Crippen LogP contribution in [0.2, 0.25) is 5.02 Å². The van der Waals surface area contributed by atoms with Crippen LogP contribution in [0.25, 0.3) is 0 Å². The Bertz CT molecular complexity index is 596. The van der Waals surface area contributed by atoms with Gasteiger partial charge in [-0.2, -0.15) is 0 Å². The fraction of sp³-hybridized carbons (Fsp3) is 0.200. The first-order valence-electron chi connectivity index (χ1n) is 5.88. The summed E-state index contributed by atoms with van der Waals surface area (Å²) in [5.74, 6) is -1.19. The molecule has 0 aliphatic heterocycles. The van der Waals surface area contributed by atoms with Crippen LogP contribution in [0.15, 0.2) is 42.5 Å². The summed E-state index contributed by atoms with van der Waals surface area (Å²) in [6, 6.07) is 10.7. The third kappa shape index (κ3) is 3.11. The van der Waals surface area contributed by atoms with Crippen LogP contribution >= 0.6 is 11.6 Å². The van der Waals surface area contributed by atoms with Gasteiger partial charge in [0.1, 0.15) is 11.6 Å². The molecule has 0 spiro atoms. The first kappa shape index (κ1) is 14.0.